The van der Waals surface area contributed by atoms with Crippen LogP contribution < -0.4 is 5.73 Å². The first kappa shape index (κ1) is 10.3. The average molecular weight is 177 g/mol. The van der Waals surface area contributed by atoms with Gasteiger partial charge in [-0.1, -0.05) is 51.1 Å². The highest BCUT2D eigenvalue weighted by atomic mass is 14.8. The molecule has 1 aromatic carbocycles. The quantitative estimate of drug-likeness (QED) is 0.701. The summed E-state index contributed by atoms with van der Waals surface area (Å²) in [4.78, 5) is 0. The Morgan fingerprint density at radius 1 is 0.923 bits per heavy atom. The van der Waals surface area contributed by atoms with Crippen LogP contribution in [0.1, 0.15) is 33.3 Å². The minimum absolute atomic E-state index is 0.0777. The van der Waals surface area contributed by atoms with Gasteiger partial charge in [0.15, 0.2) is 0 Å². The Morgan fingerprint density at radius 3 is 1.77 bits per heavy atom. The lowest BCUT2D eigenvalue weighted by Crippen LogP contribution is -2.45. The Kier molecular flexibility index (Phi) is 2.49. The van der Waals surface area contributed by atoms with Gasteiger partial charge in [-0.2, -0.15) is 0 Å². The van der Waals surface area contributed by atoms with E-state index in [-0.39, 0.29) is 11.0 Å². The topological polar surface area (TPSA) is 26.0 Å². The maximum atomic E-state index is 6.32. The number of nitrogens with two attached hydrogens (primary N) is 1. The number of rotatable bonds is 1. The molecule has 0 spiro atoms. The van der Waals surface area contributed by atoms with Crippen molar-refractivity contribution >= 4 is 0 Å². The first-order valence-corrected chi connectivity index (χ1v) is 4.70. The van der Waals surface area contributed by atoms with Crippen LogP contribution in [0.5, 0.6) is 0 Å². The summed E-state index contributed by atoms with van der Waals surface area (Å²) >= 11 is 0. The Hall–Kier alpha value is -0.820. The van der Waals surface area contributed by atoms with Crippen LogP contribution in [-0.2, 0) is 5.54 Å². The molecule has 0 heterocycles. The molecule has 0 aliphatic heterocycles. The highest BCUT2D eigenvalue weighted by Gasteiger charge is 2.34. The maximum Gasteiger partial charge on any atom is 0.0430 e. The van der Waals surface area contributed by atoms with Gasteiger partial charge in [0.1, 0.15) is 0 Å². The van der Waals surface area contributed by atoms with E-state index in [1.807, 2.05) is 18.2 Å². The number of hydrogen-bond acceptors (Lipinski definition) is 1. The Morgan fingerprint density at radius 2 is 1.38 bits per heavy atom. The highest BCUT2D eigenvalue weighted by Crippen LogP contribution is 2.36. The van der Waals surface area contributed by atoms with Crippen LogP contribution in [0.2, 0.25) is 0 Å². The zero-order valence-corrected chi connectivity index (χ0v) is 8.96. The molecule has 0 aliphatic rings. The van der Waals surface area contributed by atoms with E-state index >= 15 is 0 Å². The summed E-state index contributed by atoms with van der Waals surface area (Å²) in [6.07, 6.45) is 0. The van der Waals surface area contributed by atoms with Gasteiger partial charge in [-0.3, -0.25) is 0 Å². The molecule has 1 nitrogen and oxygen atoms in total. The van der Waals surface area contributed by atoms with E-state index in [0.29, 0.717) is 0 Å². The van der Waals surface area contributed by atoms with Crippen LogP contribution in [0.15, 0.2) is 30.3 Å². The summed E-state index contributed by atoms with van der Waals surface area (Å²) in [6.45, 7) is 8.59. The lowest BCUT2D eigenvalue weighted by atomic mass is 9.71. The van der Waals surface area contributed by atoms with Crippen molar-refractivity contribution in [2.45, 2.75) is 33.2 Å². The van der Waals surface area contributed by atoms with Crippen LogP contribution in [0, 0.1) is 5.41 Å². The molecule has 13 heavy (non-hydrogen) atoms. The maximum absolute atomic E-state index is 6.32. The van der Waals surface area contributed by atoms with E-state index in [9.17, 15) is 0 Å². The molecule has 2 N–H and O–H groups in total. The summed E-state index contributed by atoms with van der Waals surface area (Å²) < 4.78 is 0. The molecule has 0 radical (unpaired) electrons. The van der Waals surface area contributed by atoms with Gasteiger partial charge in [-0.15, -0.1) is 0 Å². The molecule has 0 amide bonds. The lowest BCUT2D eigenvalue weighted by Gasteiger charge is -2.39. The number of benzene rings is 1. The zero-order valence-electron chi connectivity index (χ0n) is 8.96. The van der Waals surface area contributed by atoms with Crippen molar-refractivity contribution in [2.24, 2.45) is 11.1 Å². The largest absolute Gasteiger partial charge is 0.321 e. The van der Waals surface area contributed by atoms with E-state index in [2.05, 4.69) is 39.8 Å². The van der Waals surface area contributed by atoms with Gasteiger partial charge in [0, 0.05) is 5.54 Å². The van der Waals surface area contributed by atoms with Crippen LogP contribution >= 0.6 is 0 Å². The Labute approximate surface area is 81.0 Å². The van der Waals surface area contributed by atoms with Crippen molar-refractivity contribution in [3.05, 3.63) is 35.9 Å². The second kappa shape index (κ2) is 3.15. The monoisotopic (exact) mass is 177 g/mol. The van der Waals surface area contributed by atoms with Crippen LogP contribution in [0.4, 0.5) is 0 Å². The Balaban J connectivity index is 3.08. The molecule has 0 saturated carbocycles. The van der Waals surface area contributed by atoms with Crippen LogP contribution in [0.25, 0.3) is 0 Å². The molecule has 0 saturated heterocycles. The second-order valence-electron chi connectivity index (χ2n) is 4.82. The fraction of sp³-hybridized carbons (Fsp3) is 0.500. The summed E-state index contributed by atoms with van der Waals surface area (Å²) in [7, 11) is 0. The van der Waals surface area contributed by atoms with E-state index in [1.54, 1.807) is 0 Å². The predicted octanol–water partition coefficient (Wildman–Crippen LogP) is 2.91. The van der Waals surface area contributed by atoms with E-state index in [1.165, 1.54) is 5.56 Å². The summed E-state index contributed by atoms with van der Waals surface area (Å²) in [5.41, 5.74) is 7.32. The van der Waals surface area contributed by atoms with Crippen molar-refractivity contribution in [3.63, 3.8) is 0 Å². The molecule has 1 unspecified atom stereocenters. The van der Waals surface area contributed by atoms with Crippen molar-refractivity contribution in [2.75, 3.05) is 0 Å². The van der Waals surface area contributed by atoms with Crippen molar-refractivity contribution < 1.29 is 0 Å². The van der Waals surface area contributed by atoms with Crippen molar-refractivity contribution in [1.82, 2.24) is 0 Å². The van der Waals surface area contributed by atoms with Crippen LogP contribution in [0.3, 0.4) is 0 Å². The minimum Gasteiger partial charge on any atom is -0.321 e. The smallest absolute Gasteiger partial charge is 0.0430 e. The Bertz CT molecular complexity index is 267. The third-order valence-electron chi connectivity index (χ3n) is 2.93. The first-order valence-electron chi connectivity index (χ1n) is 4.70. The van der Waals surface area contributed by atoms with Crippen molar-refractivity contribution in [1.29, 1.82) is 0 Å². The summed E-state index contributed by atoms with van der Waals surface area (Å²) in [6, 6.07) is 10.3. The lowest BCUT2D eigenvalue weighted by molar-refractivity contribution is 0.210. The normalized spacial score (nSPS) is 16.7. The van der Waals surface area contributed by atoms with Gasteiger partial charge in [-0.25, -0.2) is 0 Å². The molecule has 0 aromatic heterocycles. The fourth-order valence-electron chi connectivity index (χ4n) is 1.22. The van der Waals surface area contributed by atoms with Gasteiger partial charge in [0.25, 0.3) is 0 Å². The molecule has 1 aromatic rings. The third kappa shape index (κ3) is 1.92. The SMILES string of the molecule is CC(C)(C)C(C)(N)c1ccccc1. The standard InChI is InChI=1S/C12H19N/c1-11(2,3)12(4,13)10-8-6-5-7-9-10/h5-9H,13H2,1-4H3. The molecule has 1 heteroatoms. The number of hydrogen-bond donors (Lipinski definition) is 1. The zero-order chi connectivity index (χ0) is 10.1. The van der Waals surface area contributed by atoms with E-state index in [4.69, 9.17) is 5.73 Å². The van der Waals surface area contributed by atoms with E-state index in [0.717, 1.165) is 0 Å². The molecule has 0 fully saturated rings. The average Bonchev–Trinajstić information content (AvgIpc) is 2.04. The van der Waals surface area contributed by atoms with Gasteiger partial charge in [0.05, 0.1) is 0 Å². The molecule has 0 aliphatic carbocycles. The summed E-state index contributed by atoms with van der Waals surface area (Å²) in [5.74, 6) is 0. The highest BCUT2D eigenvalue weighted by molar-refractivity contribution is 5.25. The van der Waals surface area contributed by atoms with Gasteiger partial charge in [0.2, 0.25) is 0 Å². The summed E-state index contributed by atoms with van der Waals surface area (Å²) in [5, 5.41) is 0. The second-order valence-corrected chi connectivity index (χ2v) is 4.82. The fourth-order valence-corrected chi connectivity index (χ4v) is 1.22. The van der Waals surface area contributed by atoms with Crippen LogP contribution in [-0.4, -0.2) is 0 Å². The molecular formula is C12H19N. The first-order chi connectivity index (χ1) is 5.86. The van der Waals surface area contributed by atoms with Crippen molar-refractivity contribution in [3.8, 4) is 0 Å². The molecular weight excluding hydrogens is 158 g/mol. The van der Waals surface area contributed by atoms with E-state index < -0.39 is 0 Å². The molecule has 72 valence electrons. The van der Waals surface area contributed by atoms with Gasteiger partial charge >= 0.3 is 0 Å². The third-order valence-corrected chi connectivity index (χ3v) is 2.93. The molecule has 1 rings (SSSR count). The molecule has 0 bridgehead atoms. The molecule has 1 atom stereocenters. The minimum atomic E-state index is -0.270. The predicted molar refractivity (Wildman–Crippen MR) is 57.4 cm³/mol. The van der Waals surface area contributed by atoms with Gasteiger partial charge in [-0.05, 0) is 17.9 Å². The van der Waals surface area contributed by atoms with Gasteiger partial charge < -0.3 is 5.73 Å².